The molecule has 2 aromatic carbocycles. The van der Waals surface area contributed by atoms with Crippen LogP contribution >= 0.6 is 11.6 Å². The summed E-state index contributed by atoms with van der Waals surface area (Å²) in [6.07, 6.45) is 0.395. The highest BCUT2D eigenvalue weighted by molar-refractivity contribution is 6.31. The van der Waals surface area contributed by atoms with Gasteiger partial charge in [-0.2, -0.15) is 0 Å². The minimum atomic E-state index is -0.875. The summed E-state index contributed by atoms with van der Waals surface area (Å²) < 4.78 is 5.54. The van der Waals surface area contributed by atoms with Crippen molar-refractivity contribution in [1.29, 1.82) is 0 Å². The van der Waals surface area contributed by atoms with Crippen LogP contribution < -0.4 is 4.74 Å². The van der Waals surface area contributed by atoms with Crippen molar-refractivity contribution in [3.05, 3.63) is 64.7 Å². The number of ketones is 1. The number of benzene rings is 2. The fourth-order valence-electron chi connectivity index (χ4n) is 1.96. The van der Waals surface area contributed by atoms with E-state index in [0.717, 1.165) is 0 Å². The molecule has 0 saturated carbocycles. The minimum absolute atomic E-state index is 0.0234. The molecule has 5 heteroatoms. The second-order valence-corrected chi connectivity index (χ2v) is 5.12. The van der Waals surface area contributed by atoms with Crippen molar-refractivity contribution in [3.63, 3.8) is 0 Å². The summed E-state index contributed by atoms with van der Waals surface area (Å²) in [4.78, 5) is 23.0. The van der Waals surface area contributed by atoms with Crippen LogP contribution in [-0.2, 0) is 4.79 Å². The number of hydrogen-bond donors (Lipinski definition) is 1. The van der Waals surface area contributed by atoms with Gasteiger partial charge in [0.25, 0.3) is 0 Å². The zero-order valence-corrected chi connectivity index (χ0v) is 12.5. The van der Waals surface area contributed by atoms with Crippen LogP contribution in [0.15, 0.2) is 48.5 Å². The lowest BCUT2D eigenvalue weighted by Gasteiger charge is -2.11. The number of carboxylic acids is 1. The summed E-state index contributed by atoms with van der Waals surface area (Å²) in [7, 11) is 0. The lowest BCUT2D eigenvalue weighted by atomic mass is 10.0. The second-order valence-electron chi connectivity index (χ2n) is 4.68. The van der Waals surface area contributed by atoms with Crippen molar-refractivity contribution in [2.75, 3.05) is 6.61 Å². The fraction of sp³-hybridized carbons (Fsp3) is 0.176. The maximum atomic E-state index is 12.5. The first-order valence-electron chi connectivity index (χ1n) is 6.82. The molecule has 0 amide bonds. The molecule has 0 heterocycles. The van der Waals surface area contributed by atoms with Gasteiger partial charge in [-0.05, 0) is 24.6 Å². The maximum absolute atomic E-state index is 12.5. The molecule has 0 spiro atoms. The van der Waals surface area contributed by atoms with Crippen LogP contribution in [-0.4, -0.2) is 23.5 Å². The number of rotatable bonds is 7. The van der Waals surface area contributed by atoms with Gasteiger partial charge in [-0.25, -0.2) is 0 Å². The summed E-state index contributed by atoms with van der Waals surface area (Å²) in [6.45, 7) is 0.225. The number of halogens is 1. The van der Waals surface area contributed by atoms with E-state index in [1.165, 1.54) is 0 Å². The molecule has 2 rings (SSSR count). The van der Waals surface area contributed by atoms with Gasteiger partial charge in [0.1, 0.15) is 5.75 Å². The molecule has 22 heavy (non-hydrogen) atoms. The molecule has 0 aromatic heterocycles. The van der Waals surface area contributed by atoms with E-state index in [-0.39, 0.29) is 18.8 Å². The average molecular weight is 319 g/mol. The first-order chi connectivity index (χ1) is 10.6. The molecule has 0 fully saturated rings. The Kier molecular flexibility index (Phi) is 5.55. The molecule has 0 saturated heterocycles. The van der Waals surface area contributed by atoms with Crippen LogP contribution in [0.2, 0.25) is 5.02 Å². The molecule has 0 radical (unpaired) electrons. The zero-order chi connectivity index (χ0) is 15.9. The molecule has 0 aliphatic heterocycles. The van der Waals surface area contributed by atoms with E-state index in [2.05, 4.69) is 0 Å². The van der Waals surface area contributed by atoms with Gasteiger partial charge in [0, 0.05) is 17.0 Å². The Morgan fingerprint density at radius 3 is 2.50 bits per heavy atom. The van der Waals surface area contributed by atoms with Crippen molar-refractivity contribution in [2.24, 2.45) is 0 Å². The lowest BCUT2D eigenvalue weighted by molar-refractivity contribution is -0.137. The SMILES string of the molecule is O=C(O)CCCOc1ccc(Cl)cc1C(=O)c1ccccc1. The molecule has 114 valence electrons. The van der Waals surface area contributed by atoms with Gasteiger partial charge in [0.15, 0.2) is 5.78 Å². The topological polar surface area (TPSA) is 63.6 Å². The van der Waals surface area contributed by atoms with E-state index in [1.807, 2.05) is 6.07 Å². The van der Waals surface area contributed by atoms with Crippen LogP contribution in [0.25, 0.3) is 0 Å². The maximum Gasteiger partial charge on any atom is 0.303 e. The predicted octanol–water partition coefficient (Wildman–Crippen LogP) is 3.81. The molecular weight excluding hydrogens is 304 g/mol. The zero-order valence-electron chi connectivity index (χ0n) is 11.8. The van der Waals surface area contributed by atoms with E-state index in [1.54, 1.807) is 42.5 Å². The van der Waals surface area contributed by atoms with Crippen molar-refractivity contribution in [3.8, 4) is 5.75 Å². The molecule has 1 N–H and O–H groups in total. The summed E-state index contributed by atoms with van der Waals surface area (Å²) in [5.74, 6) is -0.653. The molecule has 4 nitrogen and oxygen atoms in total. The lowest BCUT2D eigenvalue weighted by Crippen LogP contribution is -2.07. The molecule has 0 atom stereocenters. The number of hydrogen-bond acceptors (Lipinski definition) is 3. The summed E-state index contributed by atoms with van der Waals surface area (Å²) >= 11 is 5.97. The van der Waals surface area contributed by atoms with Gasteiger partial charge in [-0.3, -0.25) is 9.59 Å². The van der Waals surface area contributed by atoms with E-state index < -0.39 is 5.97 Å². The van der Waals surface area contributed by atoms with Crippen LogP contribution in [0.1, 0.15) is 28.8 Å². The van der Waals surface area contributed by atoms with Gasteiger partial charge in [0.05, 0.1) is 12.2 Å². The third kappa shape index (κ3) is 4.33. The smallest absolute Gasteiger partial charge is 0.303 e. The standard InChI is InChI=1S/C17H15ClO4/c18-13-8-9-15(22-10-4-7-16(19)20)14(11-13)17(21)12-5-2-1-3-6-12/h1-3,5-6,8-9,11H,4,7,10H2,(H,19,20). The summed E-state index contributed by atoms with van der Waals surface area (Å²) in [5, 5.41) is 9.05. The highest BCUT2D eigenvalue weighted by atomic mass is 35.5. The van der Waals surface area contributed by atoms with Gasteiger partial charge >= 0.3 is 5.97 Å². The van der Waals surface area contributed by atoms with Gasteiger partial charge < -0.3 is 9.84 Å². The van der Waals surface area contributed by atoms with Gasteiger partial charge in [0.2, 0.25) is 0 Å². The summed E-state index contributed by atoms with van der Waals surface area (Å²) in [6, 6.07) is 13.7. The van der Waals surface area contributed by atoms with Crippen LogP contribution in [0.3, 0.4) is 0 Å². The van der Waals surface area contributed by atoms with E-state index in [4.69, 9.17) is 21.4 Å². The highest BCUT2D eigenvalue weighted by Gasteiger charge is 2.15. The third-order valence-electron chi connectivity index (χ3n) is 3.01. The molecular formula is C17H15ClO4. The Morgan fingerprint density at radius 2 is 1.82 bits per heavy atom. The third-order valence-corrected chi connectivity index (χ3v) is 3.25. The Balaban J connectivity index is 2.17. The van der Waals surface area contributed by atoms with E-state index in [9.17, 15) is 9.59 Å². The molecule has 0 bridgehead atoms. The Morgan fingerprint density at radius 1 is 1.09 bits per heavy atom. The molecule has 0 aliphatic carbocycles. The van der Waals surface area contributed by atoms with Gasteiger partial charge in [-0.1, -0.05) is 41.9 Å². The van der Waals surface area contributed by atoms with E-state index >= 15 is 0 Å². The quantitative estimate of drug-likeness (QED) is 0.622. The van der Waals surface area contributed by atoms with Crippen molar-refractivity contribution < 1.29 is 19.4 Å². The Hall–Kier alpha value is -2.33. The number of carboxylic acid groups (broad SMARTS) is 1. The van der Waals surface area contributed by atoms with Crippen molar-refractivity contribution in [1.82, 2.24) is 0 Å². The van der Waals surface area contributed by atoms with E-state index in [0.29, 0.717) is 28.3 Å². The summed E-state index contributed by atoms with van der Waals surface area (Å²) in [5.41, 5.74) is 0.911. The Bertz CT molecular complexity index is 668. The largest absolute Gasteiger partial charge is 0.493 e. The first kappa shape index (κ1) is 16.0. The average Bonchev–Trinajstić information content (AvgIpc) is 2.52. The second kappa shape index (κ2) is 7.61. The number of ether oxygens (including phenoxy) is 1. The predicted molar refractivity (Wildman–Crippen MR) is 83.7 cm³/mol. The van der Waals surface area contributed by atoms with Gasteiger partial charge in [-0.15, -0.1) is 0 Å². The number of carbonyl (C=O) groups excluding carboxylic acids is 1. The molecule has 0 aliphatic rings. The molecule has 2 aromatic rings. The highest BCUT2D eigenvalue weighted by Crippen LogP contribution is 2.25. The van der Waals surface area contributed by atoms with Crippen LogP contribution in [0, 0.1) is 0 Å². The van der Waals surface area contributed by atoms with Crippen molar-refractivity contribution >= 4 is 23.4 Å². The minimum Gasteiger partial charge on any atom is -0.493 e. The fourth-order valence-corrected chi connectivity index (χ4v) is 2.13. The number of aliphatic carboxylic acids is 1. The van der Waals surface area contributed by atoms with Crippen LogP contribution in [0.5, 0.6) is 5.75 Å². The first-order valence-corrected chi connectivity index (χ1v) is 7.19. The van der Waals surface area contributed by atoms with Crippen molar-refractivity contribution in [2.45, 2.75) is 12.8 Å². The number of carbonyl (C=O) groups is 2. The normalized spacial score (nSPS) is 10.2. The van der Waals surface area contributed by atoms with Crippen LogP contribution in [0.4, 0.5) is 0 Å². The monoisotopic (exact) mass is 318 g/mol. The Labute approximate surface area is 133 Å². The molecule has 0 unspecified atom stereocenters.